The van der Waals surface area contributed by atoms with Crippen LogP contribution in [0.25, 0.3) is 0 Å². The molecule has 0 saturated heterocycles. The van der Waals surface area contributed by atoms with E-state index in [-0.39, 0.29) is 5.57 Å². The van der Waals surface area contributed by atoms with Crippen molar-refractivity contribution in [2.24, 2.45) is 0 Å². The van der Waals surface area contributed by atoms with Gasteiger partial charge >= 0.3 is 0 Å². The molecule has 1 radical (unpaired) electrons. The molecule has 0 aliphatic rings. The molecular weight excluding hydrogens is 104 g/mol. The maximum atomic E-state index is 10.3. The molecule has 0 rings (SSSR count). The first kappa shape index (κ1) is 7.08. The maximum absolute atomic E-state index is 10.3. The summed E-state index contributed by atoms with van der Waals surface area (Å²) < 4.78 is 0. The van der Waals surface area contributed by atoms with Gasteiger partial charge in [-0.3, -0.25) is 9.59 Å². The molecule has 0 N–H and O–H groups in total. The zero-order valence-electron chi connectivity index (χ0n) is 4.73. The molecule has 0 aromatic rings. The Bertz CT molecular complexity index is 129. The lowest BCUT2D eigenvalue weighted by atomic mass is 10.2. The number of carbonyl (C=O) groups excluding carboxylic acids is 2. The lowest BCUT2D eigenvalue weighted by molar-refractivity contribution is -0.131. The highest BCUT2D eigenvalue weighted by Gasteiger charge is 2.06. The van der Waals surface area contributed by atoms with E-state index in [1.54, 1.807) is 0 Å². The Balaban J connectivity index is 4.05. The van der Waals surface area contributed by atoms with Gasteiger partial charge in [-0.25, -0.2) is 0 Å². The van der Waals surface area contributed by atoms with Crippen LogP contribution in [0.15, 0.2) is 12.2 Å². The normalized spacial score (nSPS) is 8.25. The Morgan fingerprint density at radius 3 is 1.75 bits per heavy atom. The summed E-state index contributed by atoms with van der Waals surface area (Å²) in [5, 5.41) is 0. The molecule has 0 fully saturated rings. The Hall–Kier alpha value is -0.920. The Labute approximate surface area is 48.2 Å². The van der Waals surface area contributed by atoms with Gasteiger partial charge in [-0.05, 0) is 12.5 Å². The van der Waals surface area contributed by atoms with Crippen molar-refractivity contribution in [1.29, 1.82) is 0 Å². The van der Waals surface area contributed by atoms with Gasteiger partial charge < -0.3 is 0 Å². The van der Waals surface area contributed by atoms with E-state index < -0.39 is 11.6 Å². The Morgan fingerprint density at radius 1 is 1.38 bits per heavy atom. The van der Waals surface area contributed by atoms with Crippen LogP contribution in [0.1, 0.15) is 6.92 Å². The van der Waals surface area contributed by atoms with Gasteiger partial charge in [0.15, 0.2) is 0 Å². The van der Waals surface area contributed by atoms with Crippen molar-refractivity contribution in [2.75, 3.05) is 0 Å². The average Bonchev–Trinajstić information content (AvgIpc) is 1.64. The molecule has 0 aliphatic heterocycles. The fourth-order valence-electron chi connectivity index (χ4n) is 0.238. The summed E-state index contributed by atoms with van der Waals surface area (Å²) in [5.74, 6) is -1.29. The lowest BCUT2D eigenvalue weighted by Crippen LogP contribution is -2.09. The number of allylic oxidation sites excluding steroid dienone is 1. The van der Waals surface area contributed by atoms with Gasteiger partial charge in [0, 0.05) is 6.92 Å². The third-order valence-corrected chi connectivity index (χ3v) is 0.641. The number of carbonyl (C=O) groups is 2. The summed E-state index contributed by atoms with van der Waals surface area (Å²) >= 11 is 0. The summed E-state index contributed by atoms with van der Waals surface area (Å²) in [7, 11) is 0. The van der Waals surface area contributed by atoms with E-state index >= 15 is 0 Å². The number of hydrogen-bond donors (Lipinski definition) is 0. The quantitative estimate of drug-likeness (QED) is 0.385. The molecular formula is C6H7O2. The maximum Gasteiger partial charge on any atom is 0.223 e. The van der Waals surface area contributed by atoms with Crippen LogP contribution >= 0.6 is 0 Å². The van der Waals surface area contributed by atoms with Crippen LogP contribution in [0.2, 0.25) is 0 Å². The summed E-state index contributed by atoms with van der Waals surface area (Å²) in [6.07, 6.45) is 0. The van der Waals surface area contributed by atoms with Crippen molar-refractivity contribution in [3.8, 4) is 0 Å². The minimum atomic E-state index is -0.697. The summed E-state index contributed by atoms with van der Waals surface area (Å²) in [6.45, 7) is 7.65. The standard InChI is InChI=1S/C6H7O2/c1-4(2)6(8)5(3)7/h1,3H2,2H3. The minimum Gasteiger partial charge on any atom is -0.290 e. The Morgan fingerprint density at radius 2 is 1.75 bits per heavy atom. The van der Waals surface area contributed by atoms with E-state index in [0.29, 0.717) is 0 Å². The molecule has 0 aliphatic carbocycles. The van der Waals surface area contributed by atoms with Crippen molar-refractivity contribution in [2.45, 2.75) is 6.92 Å². The van der Waals surface area contributed by atoms with Crippen molar-refractivity contribution in [3.63, 3.8) is 0 Å². The number of Topliss-reactive ketones (excluding diaryl/α,β-unsaturated/α-hetero) is 2. The third-order valence-electron chi connectivity index (χ3n) is 0.641. The molecule has 0 aromatic heterocycles. The molecule has 0 heterocycles. The highest BCUT2D eigenvalue weighted by atomic mass is 16.2. The number of ketones is 2. The minimum absolute atomic E-state index is 0.241. The van der Waals surface area contributed by atoms with E-state index in [1.807, 2.05) is 0 Å². The topological polar surface area (TPSA) is 34.1 Å². The van der Waals surface area contributed by atoms with E-state index in [9.17, 15) is 9.59 Å². The molecule has 2 nitrogen and oxygen atoms in total. The second kappa shape index (κ2) is 2.40. The fourth-order valence-corrected chi connectivity index (χ4v) is 0.238. The van der Waals surface area contributed by atoms with Gasteiger partial charge in [-0.2, -0.15) is 0 Å². The predicted octanol–water partition coefficient (Wildman–Crippen LogP) is 0.535. The molecule has 0 aromatic carbocycles. The largest absolute Gasteiger partial charge is 0.290 e. The van der Waals surface area contributed by atoms with Crippen LogP contribution in [-0.4, -0.2) is 11.6 Å². The van der Waals surface area contributed by atoms with Crippen LogP contribution in [0.5, 0.6) is 0 Å². The average molecular weight is 111 g/mol. The van der Waals surface area contributed by atoms with Crippen molar-refractivity contribution < 1.29 is 9.59 Å². The van der Waals surface area contributed by atoms with Crippen molar-refractivity contribution in [3.05, 3.63) is 19.1 Å². The van der Waals surface area contributed by atoms with Gasteiger partial charge in [0.05, 0.1) is 0 Å². The third kappa shape index (κ3) is 1.69. The van der Waals surface area contributed by atoms with E-state index in [2.05, 4.69) is 13.5 Å². The molecule has 2 heteroatoms. The van der Waals surface area contributed by atoms with Crippen LogP contribution in [0.3, 0.4) is 0 Å². The summed E-state index contributed by atoms with van der Waals surface area (Å²) in [5.41, 5.74) is 0.241. The molecule has 8 heavy (non-hydrogen) atoms. The molecule has 0 unspecified atom stereocenters. The van der Waals surface area contributed by atoms with Gasteiger partial charge in [0.25, 0.3) is 0 Å². The Kier molecular flexibility index (Phi) is 2.13. The van der Waals surface area contributed by atoms with Crippen molar-refractivity contribution >= 4 is 11.6 Å². The molecule has 43 valence electrons. The van der Waals surface area contributed by atoms with Gasteiger partial charge in [0.1, 0.15) is 0 Å². The molecule has 0 saturated carbocycles. The second-order valence-corrected chi connectivity index (χ2v) is 1.53. The van der Waals surface area contributed by atoms with Crippen LogP contribution in [0.4, 0.5) is 0 Å². The van der Waals surface area contributed by atoms with Gasteiger partial charge in [0.2, 0.25) is 11.6 Å². The van der Waals surface area contributed by atoms with E-state index in [4.69, 9.17) is 0 Å². The molecule has 0 bridgehead atoms. The van der Waals surface area contributed by atoms with Crippen molar-refractivity contribution in [1.82, 2.24) is 0 Å². The van der Waals surface area contributed by atoms with Crippen LogP contribution in [0, 0.1) is 6.92 Å². The smallest absolute Gasteiger partial charge is 0.223 e. The highest BCUT2D eigenvalue weighted by molar-refractivity contribution is 6.44. The zero-order chi connectivity index (χ0) is 6.73. The zero-order valence-corrected chi connectivity index (χ0v) is 4.73. The monoisotopic (exact) mass is 111 g/mol. The number of rotatable bonds is 2. The SMILES string of the molecule is [CH2]C(=O)C(=O)C(=C)C. The summed E-state index contributed by atoms with van der Waals surface area (Å²) in [4.78, 5) is 20.4. The predicted molar refractivity (Wildman–Crippen MR) is 30.2 cm³/mol. The van der Waals surface area contributed by atoms with E-state index in [1.165, 1.54) is 6.92 Å². The molecule has 0 atom stereocenters. The van der Waals surface area contributed by atoms with Crippen LogP contribution < -0.4 is 0 Å². The van der Waals surface area contributed by atoms with Gasteiger partial charge in [-0.1, -0.05) is 6.58 Å². The number of hydrogen-bond acceptors (Lipinski definition) is 2. The highest BCUT2D eigenvalue weighted by Crippen LogP contribution is 1.88. The molecule has 0 spiro atoms. The van der Waals surface area contributed by atoms with Gasteiger partial charge in [-0.15, -0.1) is 0 Å². The second-order valence-electron chi connectivity index (χ2n) is 1.53. The van der Waals surface area contributed by atoms with Crippen LogP contribution in [-0.2, 0) is 9.59 Å². The first-order chi connectivity index (χ1) is 3.55. The summed E-state index contributed by atoms with van der Waals surface area (Å²) in [6, 6.07) is 0. The lowest BCUT2D eigenvalue weighted by Gasteiger charge is -1.87. The first-order valence-electron chi connectivity index (χ1n) is 2.12. The first-order valence-corrected chi connectivity index (χ1v) is 2.12. The fraction of sp³-hybridized carbons (Fsp3) is 0.167. The molecule has 0 amide bonds. The van der Waals surface area contributed by atoms with E-state index in [0.717, 1.165) is 0 Å².